The van der Waals surface area contributed by atoms with Crippen LogP contribution in [0.5, 0.6) is 0 Å². The zero-order chi connectivity index (χ0) is 13.2. The Morgan fingerprint density at radius 2 is 2.17 bits per heavy atom. The van der Waals surface area contributed by atoms with Gasteiger partial charge in [-0.25, -0.2) is 0 Å². The fourth-order valence-electron chi connectivity index (χ4n) is 1.99. The van der Waals surface area contributed by atoms with Gasteiger partial charge in [0.15, 0.2) is 5.78 Å². The number of halogens is 3. The molecule has 1 heterocycles. The molecule has 1 aromatic carbocycles. The Labute approximate surface area is 103 Å². The summed E-state index contributed by atoms with van der Waals surface area (Å²) in [5, 5.41) is 0. The van der Waals surface area contributed by atoms with E-state index in [0.29, 0.717) is 13.2 Å². The van der Waals surface area contributed by atoms with E-state index >= 15 is 0 Å². The highest BCUT2D eigenvalue weighted by Gasteiger charge is 2.31. The van der Waals surface area contributed by atoms with E-state index in [2.05, 4.69) is 0 Å². The van der Waals surface area contributed by atoms with E-state index in [4.69, 9.17) is 4.74 Å². The molecular formula is C13H13F3O2. The van der Waals surface area contributed by atoms with Crippen molar-refractivity contribution in [1.82, 2.24) is 0 Å². The van der Waals surface area contributed by atoms with Gasteiger partial charge in [0, 0.05) is 25.2 Å². The van der Waals surface area contributed by atoms with Crippen LogP contribution in [0.3, 0.4) is 0 Å². The molecule has 1 aromatic rings. The molecule has 0 radical (unpaired) electrons. The summed E-state index contributed by atoms with van der Waals surface area (Å²) in [6, 6.07) is 4.57. The second kappa shape index (κ2) is 5.10. The first-order chi connectivity index (χ1) is 8.47. The second-order valence-electron chi connectivity index (χ2n) is 4.44. The first kappa shape index (κ1) is 13.1. The molecule has 2 nitrogen and oxygen atoms in total. The molecule has 1 atom stereocenters. The second-order valence-corrected chi connectivity index (χ2v) is 4.44. The van der Waals surface area contributed by atoms with Crippen LogP contribution in [0, 0.1) is 5.92 Å². The van der Waals surface area contributed by atoms with Crippen LogP contribution >= 0.6 is 0 Å². The molecule has 0 saturated carbocycles. The lowest BCUT2D eigenvalue weighted by Crippen LogP contribution is -2.11. The van der Waals surface area contributed by atoms with Gasteiger partial charge in [-0.3, -0.25) is 4.79 Å². The van der Waals surface area contributed by atoms with E-state index in [-0.39, 0.29) is 23.7 Å². The van der Waals surface area contributed by atoms with E-state index < -0.39 is 11.7 Å². The monoisotopic (exact) mass is 258 g/mol. The van der Waals surface area contributed by atoms with Crippen LogP contribution < -0.4 is 0 Å². The number of hydrogen-bond acceptors (Lipinski definition) is 2. The van der Waals surface area contributed by atoms with Crippen molar-refractivity contribution < 1.29 is 22.7 Å². The van der Waals surface area contributed by atoms with Gasteiger partial charge in [-0.15, -0.1) is 0 Å². The minimum absolute atomic E-state index is 0.122. The van der Waals surface area contributed by atoms with Gasteiger partial charge in [0.2, 0.25) is 0 Å². The molecule has 98 valence electrons. The van der Waals surface area contributed by atoms with E-state index in [9.17, 15) is 18.0 Å². The number of carbonyl (C=O) groups is 1. The molecule has 0 spiro atoms. The van der Waals surface area contributed by atoms with Crippen molar-refractivity contribution >= 4 is 5.78 Å². The number of Topliss-reactive ketones (excluding diaryl/α,β-unsaturated/α-hetero) is 1. The van der Waals surface area contributed by atoms with Crippen LogP contribution in [0.4, 0.5) is 13.2 Å². The fraction of sp³-hybridized carbons (Fsp3) is 0.462. The number of ether oxygens (including phenoxy) is 1. The number of hydrogen-bond donors (Lipinski definition) is 0. The molecule has 0 aliphatic carbocycles. The Hall–Kier alpha value is -1.36. The summed E-state index contributed by atoms with van der Waals surface area (Å²) < 4.78 is 42.7. The fourth-order valence-corrected chi connectivity index (χ4v) is 1.99. The highest BCUT2D eigenvalue weighted by molar-refractivity contribution is 5.96. The minimum Gasteiger partial charge on any atom is -0.381 e. The molecule has 18 heavy (non-hydrogen) atoms. The molecule has 1 aliphatic heterocycles. The summed E-state index contributed by atoms with van der Waals surface area (Å²) in [5.41, 5.74) is -0.659. The Balaban J connectivity index is 2.10. The van der Waals surface area contributed by atoms with Crippen molar-refractivity contribution in [3.8, 4) is 0 Å². The van der Waals surface area contributed by atoms with Gasteiger partial charge in [-0.05, 0) is 24.5 Å². The molecule has 0 N–H and O–H groups in total. The van der Waals surface area contributed by atoms with Crippen molar-refractivity contribution in [2.75, 3.05) is 13.2 Å². The molecule has 1 fully saturated rings. The van der Waals surface area contributed by atoms with Crippen LogP contribution in [0.15, 0.2) is 24.3 Å². The molecule has 2 rings (SSSR count). The third kappa shape index (κ3) is 3.10. The zero-order valence-electron chi connectivity index (χ0n) is 9.67. The van der Waals surface area contributed by atoms with Gasteiger partial charge in [-0.2, -0.15) is 13.2 Å². The minimum atomic E-state index is -4.41. The van der Waals surface area contributed by atoms with E-state index in [0.717, 1.165) is 18.6 Å². The summed E-state index contributed by atoms with van der Waals surface area (Å²) in [5.74, 6) is -0.122. The molecule has 0 amide bonds. The summed E-state index contributed by atoms with van der Waals surface area (Å²) in [7, 11) is 0. The van der Waals surface area contributed by atoms with Gasteiger partial charge in [0.1, 0.15) is 0 Å². The Bertz CT molecular complexity index is 434. The molecule has 1 unspecified atom stereocenters. The third-order valence-electron chi connectivity index (χ3n) is 3.01. The lowest BCUT2D eigenvalue weighted by molar-refractivity contribution is -0.137. The standard InChI is InChI=1S/C13H13F3O2/c14-13(15,16)11-3-1-2-10(7-11)12(17)6-9-4-5-18-8-9/h1-3,7,9H,4-6,8H2. The van der Waals surface area contributed by atoms with E-state index in [1.807, 2.05) is 0 Å². The van der Waals surface area contributed by atoms with Gasteiger partial charge >= 0.3 is 6.18 Å². The number of ketones is 1. The normalized spacial score (nSPS) is 20.1. The van der Waals surface area contributed by atoms with Crippen molar-refractivity contribution in [3.05, 3.63) is 35.4 Å². The van der Waals surface area contributed by atoms with Gasteiger partial charge in [0.25, 0.3) is 0 Å². The Morgan fingerprint density at radius 1 is 1.39 bits per heavy atom. The maximum atomic E-state index is 12.5. The zero-order valence-corrected chi connectivity index (χ0v) is 9.67. The van der Waals surface area contributed by atoms with Crippen LogP contribution in [0.2, 0.25) is 0 Å². The summed E-state index contributed by atoms with van der Waals surface area (Å²) >= 11 is 0. The molecule has 0 bridgehead atoms. The summed E-state index contributed by atoms with van der Waals surface area (Å²) in [4.78, 5) is 11.9. The molecule has 5 heteroatoms. The number of rotatable bonds is 3. The quantitative estimate of drug-likeness (QED) is 0.777. The Kier molecular flexibility index (Phi) is 3.71. The predicted octanol–water partition coefficient (Wildman–Crippen LogP) is 3.31. The maximum absolute atomic E-state index is 12.5. The first-order valence-electron chi connectivity index (χ1n) is 5.75. The number of benzene rings is 1. The van der Waals surface area contributed by atoms with E-state index in [1.165, 1.54) is 12.1 Å². The van der Waals surface area contributed by atoms with Gasteiger partial charge in [-0.1, -0.05) is 12.1 Å². The maximum Gasteiger partial charge on any atom is 0.416 e. The largest absolute Gasteiger partial charge is 0.416 e. The average Bonchev–Trinajstić information content (AvgIpc) is 2.81. The SMILES string of the molecule is O=C(CC1CCOC1)c1cccc(C(F)(F)F)c1. The van der Waals surface area contributed by atoms with Crippen molar-refractivity contribution in [2.24, 2.45) is 5.92 Å². The lowest BCUT2D eigenvalue weighted by Gasteiger charge is -2.09. The van der Waals surface area contributed by atoms with E-state index in [1.54, 1.807) is 0 Å². The van der Waals surface area contributed by atoms with Crippen molar-refractivity contribution in [1.29, 1.82) is 0 Å². The van der Waals surface area contributed by atoms with Crippen molar-refractivity contribution in [2.45, 2.75) is 19.0 Å². The number of carbonyl (C=O) groups excluding carboxylic acids is 1. The van der Waals surface area contributed by atoms with Crippen LogP contribution in [-0.2, 0) is 10.9 Å². The van der Waals surface area contributed by atoms with Gasteiger partial charge in [0.05, 0.1) is 5.56 Å². The lowest BCUT2D eigenvalue weighted by atomic mass is 9.97. The summed E-state index contributed by atoms with van der Waals surface area (Å²) in [6.45, 7) is 1.14. The number of alkyl halides is 3. The highest BCUT2D eigenvalue weighted by atomic mass is 19.4. The smallest absolute Gasteiger partial charge is 0.381 e. The van der Waals surface area contributed by atoms with Crippen LogP contribution in [0.1, 0.15) is 28.8 Å². The van der Waals surface area contributed by atoms with Crippen molar-refractivity contribution in [3.63, 3.8) is 0 Å². The predicted molar refractivity (Wildman–Crippen MR) is 59.3 cm³/mol. The average molecular weight is 258 g/mol. The topological polar surface area (TPSA) is 26.3 Å². The third-order valence-corrected chi connectivity index (χ3v) is 3.01. The summed E-state index contributed by atoms with van der Waals surface area (Å²) in [6.07, 6.45) is -3.36. The van der Waals surface area contributed by atoms with Crippen LogP contribution in [0.25, 0.3) is 0 Å². The highest BCUT2D eigenvalue weighted by Crippen LogP contribution is 2.30. The first-order valence-corrected chi connectivity index (χ1v) is 5.75. The molecule has 1 saturated heterocycles. The molecular weight excluding hydrogens is 245 g/mol. The van der Waals surface area contributed by atoms with Crippen LogP contribution in [-0.4, -0.2) is 19.0 Å². The van der Waals surface area contributed by atoms with Gasteiger partial charge < -0.3 is 4.74 Å². The molecule has 0 aromatic heterocycles. The Morgan fingerprint density at radius 3 is 2.78 bits per heavy atom. The molecule has 1 aliphatic rings.